The molecule has 0 spiro atoms. The highest BCUT2D eigenvalue weighted by Gasteiger charge is 2.22. The zero-order chi connectivity index (χ0) is 34.6. The monoisotopic (exact) mass is 695 g/mol. The zero-order valence-electron chi connectivity index (χ0n) is 28.6. The molecule has 48 heavy (non-hydrogen) atoms. The molecule has 16 nitrogen and oxygen atoms in total. The van der Waals surface area contributed by atoms with Gasteiger partial charge in [0.25, 0.3) is 11.8 Å². The third kappa shape index (κ3) is 30.2. The van der Waals surface area contributed by atoms with E-state index in [2.05, 4.69) is 0 Å². The molecule has 0 aromatic heterocycles. The Labute approximate surface area is 284 Å². The number of hydrogen-bond donors (Lipinski definition) is 0. The summed E-state index contributed by atoms with van der Waals surface area (Å²) in [6, 6.07) is 0. The van der Waals surface area contributed by atoms with Crippen molar-refractivity contribution in [1.29, 1.82) is 0 Å². The van der Waals surface area contributed by atoms with Crippen LogP contribution in [0.2, 0.25) is 0 Å². The van der Waals surface area contributed by atoms with E-state index in [1.807, 2.05) is 0 Å². The second kappa shape index (κ2) is 34.9. The van der Waals surface area contributed by atoms with E-state index in [-0.39, 0.29) is 30.7 Å². The number of amides is 2. The van der Waals surface area contributed by atoms with Gasteiger partial charge in [0, 0.05) is 18.6 Å². The normalized spacial score (nSPS) is 13.0. The van der Waals surface area contributed by atoms with Crippen LogP contribution in [0.3, 0.4) is 0 Å². The minimum Gasteiger partial charge on any atom is -0.379 e. The third-order valence-electron chi connectivity index (χ3n) is 6.05. The van der Waals surface area contributed by atoms with Gasteiger partial charge in [-0.2, -0.15) is 0 Å². The molecule has 1 heterocycles. The fourth-order valence-corrected chi connectivity index (χ4v) is 3.54. The molecule has 280 valence electrons. The number of rotatable bonds is 39. The van der Waals surface area contributed by atoms with Crippen molar-refractivity contribution in [3.05, 3.63) is 12.2 Å². The first kappa shape index (κ1) is 44.1. The Balaban J connectivity index is 1.62. The third-order valence-corrected chi connectivity index (χ3v) is 6.05. The van der Waals surface area contributed by atoms with Crippen LogP contribution < -0.4 is 0 Å². The minimum absolute atomic E-state index is 0.120. The maximum Gasteiger partial charge on any atom is 0.253 e. The summed E-state index contributed by atoms with van der Waals surface area (Å²) in [5.74, 6) is -0.498. The van der Waals surface area contributed by atoms with Crippen molar-refractivity contribution in [2.45, 2.75) is 13.3 Å². The quantitative estimate of drug-likeness (QED) is 0.0627. The summed E-state index contributed by atoms with van der Waals surface area (Å²) in [6.45, 7) is 12.8. The fourth-order valence-electron chi connectivity index (χ4n) is 3.54. The maximum atomic E-state index is 11.4. The van der Waals surface area contributed by atoms with E-state index in [1.54, 1.807) is 6.92 Å². The van der Waals surface area contributed by atoms with Crippen molar-refractivity contribution in [2.24, 2.45) is 0 Å². The van der Waals surface area contributed by atoms with Gasteiger partial charge in [-0.15, -0.1) is 0 Å². The van der Waals surface area contributed by atoms with E-state index in [1.165, 1.54) is 12.2 Å². The predicted molar refractivity (Wildman–Crippen MR) is 171 cm³/mol. The van der Waals surface area contributed by atoms with Crippen molar-refractivity contribution in [1.82, 2.24) is 4.90 Å². The molecule has 0 saturated carbocycles. The summed E-state index contributed by atoms with van der Waals surface area (Å²) in [5.41, 5.74) is 0. The smallest absolute Gasteiger partial charge is 0.253 e. The Hall–Kier alpha value is -1.93. The van der Waals surface area contributed by atoms with Gasteiger partial charge in [-0.05, 0) is 6.92 Å². The van der Waals surface area contributed by atoms with Crippen LogP contribution in [0.15, 0.2) is 12.2 Å². The van der Waals surface area contributed by atoms with Crippen LogP contribution in [0, 0.1) is 0 Å². The Morgan fingerprint density at radius 2 is 0.604 bits per heavy atom. The van der Waals surface area contributed by atoms with E-state index in [0.29, 0.717) is 158 Å². The standard InChI is InChI=1S/C32H57NO15/c1-30(34)4-6-37-8-10-39-12-14-41-16-18-43-20-22-45-24-26-47-28-29-48-27-25-46-23-21-44-19-17-42-15-13-40-11-9-38-7-5-33-31(35)2-3-32(33)36/h2-3H,4-29H2,1H3. The van der Waals surface area contributed by atoms with Gasteiger partial charge in [-0.25, -0.2) is 0 Å². The van der Waals surface area contributed by atoms with Gasteiger partial charge in [0.05, 0.1) is 165 Å². The number of carbonyl (C=O) groups excluding carboxylic acids is 3. The lowest BCUT2D eigenvalue weighted by Gasteiger charge is -2.13. The van der Waals surface area contributed by atoms with E-state index in [4.69, 9.17) is 56.8 Å². The van der Waals surface area contributed by atoms with Crippen LogP contribution in [-0.2, 0) is 71.2 Å². The summed E-state index contributed by atoms with van der Waals surface area (Å²) in [5, 5.41) is 0. The van der Waals surface area contributed by atoms with Crippen LogP contribution in [-0.4, -0.2) is 188 Å². The van der Waals surface area contributed by atoms with Gasteiger partial charge >= 0.3 is 0 Å². The highest BCUT2D eigenvalue weighted by molar-refractivity contribution is 6.12. The van der Waals surface area contributed by atoms with Gasteiger partial charge in [0.15, 0.2) is 0 Å². The van der Waals surface area contributed by atoms with Crippen LogP contribution in [0.5, 0.6) is 0 Å². The highest BCUT2D eigenvalue weighted by atomic mass is 16.6. The number of hydrogen-bond acceptors (Lipinski definition) is 15. The Bertz CT molecular complexity index is 783. The minimum atomic E-state index is -0.309. The molecular formula is C32H57NO15. The first-order valence-corrected chi connectivity index (χ1v) is 16.6. The Morgan fingerprint density at radius 3 is 0.833 bits per heavy atom. The topological polar surface area (TPSA) is 165 Å². The molecule has 0 N–H and O–H groups in total. The SMILES string of the molecule is CC(=O)CCOCCOCCOCCOCCOCCOCCOCCOCCOCCOCCOCCOCCN1C(=O)C=CC1=O. The number of carbonyl (C=O) groups is 3. The molecule has 0 aliphatic carbocycles. The molecular weight excluding hydrogens is 638 g/mol. The lowest BCUT2D eigenvalue weighted by molar-refractivity contribution is -0.137. The molecule has 2 amide bonds. The van der Waals surface area contributed by atoms with E-state index >= 15 is 0 Å². The van der Waals surface area contributed by atoms with Crippen molar-refractivity contribution >= 4 is 17.6 Å². The number of ketones is 1. The van der Waals surface area contributed by atoms with E-state index in [9.17, 15) is 14.4 Å². The van der Waals surface area contributed by atoms with Crippen LogP contribution >= 0.6 is 0 Å². The van der Waals surface area contributed by atoms with Gasteiger partial charge < -0.3 is 56.8 Å². The highest BCUT2D eigenvalue weighted by Crippen LogP contribution is 2.02. The summed E-state index contributed by atoms with van der Waals surface area (Å²) in [7, 11) is 0. The first-order valence-electron chi connectivity index (χ1n) is 16.6. The number of Topliss-reactive ketones (excluding diaryl/α,β-unsaturated/α-hetero) is 1. The van der Waals surface area contributed by atoms with Gasteiger partial charge in [-0.1, -0.05) is 0 Å². The lowest BCUT2D eigenvalue weighted by Crippen LogP contribution is -2.33. The van der Waals surface area contributed by atoms with Crippen LogP contribution in [0.25, 0.3) is 0 Å². The lowest BCUT2D eigenvalue weighted by atomic mass is 10.3. The van der Waals surface area contributed by atoms with E-state index in [0.717, 1.165) is 4.90 Å². The van der Waals surface area contributed by atoms with Gasteiger partial charge in [0.2, 0.25) is 0 Å². The summed E-state index contributed by atoms with van der Waals surface area (Å²) >= 11 is 0. The average Bonchev–Trinajstić information content (AvgIpc) is 3.40. The molecule has 0 atom stereocenters. The van der Waals surface area contributed by atoms with Crippen molar-refractivity contribution in [3.63, 3.8) is 0 Å². The van der Waals surface area contributed by atoms with E-state index < -0.39 is 0 Å². The Kier molecular flexibility index (Phi) is 32.1. The molecule has 0 unspecified atom stereocenters. The predicted octanol–water partition coefficient (Wildman–Crippen LogP) is 0.0897. The maximum absolute atomic E-state index is 11.4. The molecule has 0 aromatic carbocycles. The largest absolute Gasteiger partial charge is 0.379 e. The second-order valence-electron chi connectivity index (χ2n) is 9.96. The molecule has 0 fully saturated rings. The fraction of sp³-hybridized carbons (Fsp3) is 0.844. The van der Waals surface area contributed by atoms with Crippen LogP contribution in [0.1, 0.15) is 13.3 Å². The van der Waals surface area contributed by atoms with Crippen molar-refractivity contribution in [3.8, 4) is 0 Å². The summed E-state index contributed by atoms with van der Waals surface area (Å²) in [6.07, 6.45) is 2.94. The molecule has 0 saturated heterocycles. The molecule has 0 bridgehead atoms. The zero-order valence-corrected chi connectivity index (χ0v) is 28.6. The van der Waals surface area contributed by atoms with Crippen LogP contribution in [0.4, 0.5) is 0 Å². The number of nitrogens with zero attached hydrogens (tertiary/aromatic N) is 1. The molecule has 0 aromatic rings. The van der Waals surface area contributed by atoms with Crippen molar-refractivity contribution in [2.75, 3.05) is 165 Å². The number of imide groups is 1. The van der Waals surface area contributed by atoms with Crippen molar-refractivity contribution < 1.29 is 71.2 Å². The molecule has 16 heteroatoms. The average molecular weight is 696 g/mol. The first-order chi connectivity index (χ1) is 23.6. The number of ether oxygens (including phenoxy) is 12. The molecule has 0 radical (unpaired) electrons. The van der Waals surface area contributed by atoms with Gasteiger partial charge in [0.1, 0.15) is 5.78 Å². The Morgan fingerprint density at radius 1 is 0.396 bits per heavy atom. The molecule has 1 rings (SSSR count). The second-order valence-corrected chi connectivity index (χ2v) is 9.96. The summed E-state index contributed by atoms with van der Waals surface area (Å²) in [4.78, 5) is 34.7. The molecule has 1 aliphatic rings. The van der Waals surface area contributed by atoms with Gasteiger partial charge in [-0.3, -0.25) is 19.3 Å². The molecule has 1 aliphatic heterocycles. The summed E-state index contributed by atoms with van der Waals surface area (Å²) < 4.78 is 65.0.